The van der Waals surface area contributed by atoms with E-state index in [0.717, 1.165) is 11.8 Å². The van der Waals surface area contributed by atoms with Crippen molar-refractivity contribution in [3.8, 4) is 0 Å². The van der Waals surface area contributed by atoms with E-state index in [0.29, 0.717) is 17.7 Å². The van der Waals surface area contributed by atoms with Crippen LogP contribution in [-0.2, 0) is 0 Å². The maximum Gasteiger partial charge on any atom is 0.251 e. The number of halogens is 2. The molecule has 18 heavy (non-hydrogen) atoms. The summed E-state index contributed by atoms with van der Waals surface area (Å²) in [6.45, 7) is 6.43. The Bertz CT molecular complexity index is 432. The minimum Gasteiger partial charge on any atom is -0.352 e. The van der Waals surface area contributed by atoms with Crippen LogP contribution in [0.3, 0.4) is 0 Å². The first-order valence-electron chi connectivity index (χ1n) is 5.96. The fourth-order valence-electron chi connectivity index (χ4n) is 1.50. The second-order valence-electron chi connectivity index (χ2n) is 5.25. The van der Waals surface area contributed by atoms with Crippen LogP contribution in [0.2, 0.25) is 0 Å². The van der Waals surface area contributed by atoms with Gasteiger partial charge in [-0.15, -0.1) is 0 Å². The Balaban J connectivity index is 2.63. The van der Waals surface area contributed by atoms with Crippen LogP contribution in [0, 0.1) is 18.2 Å². The predicted octanol–water partition coefficient (Wildman–Crippen LogP) is 3.68. The van der Waals surface area contributed by atoms with E-state index in [1.165, 1.54) is 6.07 Å². The molecule has 2 nitrogen and oxygen atoms in total. The van der Waals surface area contributed by atoms with Gasteiger partial charge in [-0.05, 0) is 36.5 Å². The smallest absolute Gasteiger partial charge is 0.251 e. The molecule has 0 aliphatic carbocycles. The summed E-state index contributed by atoms with van der Waals surface area (Å²) >= 11 is 3.39. The first kappa shape index (κ1) is 15.2. The third-order valence-corrected chi connectivity index (χ3v) is 3.33. The van der Waals surface area contributed by atoms with Gasteiger partial charge in [0.25, 0.3) is 5.91 Å². The van der Waals surface area contributed by atoms with E-state index in [9.17, 15) is 9.18 Å². The van der Waals surface area contributed by atoms with Gasteiger partial charge < -0.3 is 5.32 Å². The summed E-state index contributed by atoms with van der Waals surface area (Å²) in [5.41, 5.74) is 0.946. The third-order valence-electron chi connectivity index (χ3n) is 2.93. The normalized spacial score (nSPS) is 11.4. The number of hydrogen-bond donors (Lipinski definition) is 1. The number of benzene rings is 1. The van der Waals surface area contributed by atoms with Gasteiger partial charge in [-0.2, -0.15) is 0 Å². The topological polar surface area (TPSA) is 29.1 Å². The van der Waals surface area contributed by atoms with Crippen LogP contribution in [0.15, 0.2) is 18.2 Å². The van der Waals surface area contributed by atoms with Gasteiger partial charge in [0.15, 0.2) is 0 Å². The number of nitrogens with one attached hydrogen (secondary N) is 1. The number of aryl methyl sites for hydroxylation is 1. The van der Waals surface area contributed by atoms with E-state index in [1.54, 1.807) is 19.1 Å². The minimum absolute atomic E-state index is 0.0302. The molecule has 1 rings (SSSR count). The van der Waals surface area contributed by atoms with Crippen LogP contribution in [0.5, 0.6) is 0 Å². The van der Waals surface area contributed by atoms with Crippen LogP contribution < -0.4 is 5.32 Å². The molecule has 1 N–H and O–H groups in total. The molecule has 0 aliphatic rings. The molecule has 0 atom stereocenters. The lowest BCUT2D eigenvalue weighted by Gasteiger charge is -2.23. The summed E-state index contributed by atoms with van der Waals surface area (Å²) in [4.78, 5) is 11.9. The van der Waals surface area contributed by atoms with E-state index in [-0.39, 0.29) is 17.1 Å². The van der Waals surface area contributed by atoms with Crippen molar-refractivity contribution >= 4 is 21.8 Å². The fraction of sp³-hybridized carbons (Fsp3) is 0.500. The predicted molar refractivity (Wildman–Crippen MR) is 75.7 cm³/mol. The Kier molecular flexibility index (Phi) is 5.32. The Morgan fingerprint density at radius 1 is 1.44 bits per heavy atom. The van der Waals surface area contributed by atoms with Crippen molar-refractivity contribution < 1.29 is 9.18 Å². The molecule has 0 radical (unpaired) electrons. The van der Waals surface area contributed by atoms with Crippen LogP contribution >= 0.6 is 15.9 Å². The maximum atomic E-state index is 13.3. The van der Waals surface area contributed by atoms with Crippen LogP contribution in [-0.4, -0.2) is 17.8 Å². The van der Waals surface area contributed by atoms with Gasteiger partial charge in [-0.25, -0.2) is 4.39 Å². The highest BCUT2D eigenvalue weighted by atomic mass is 79.9. The highest BCUT2D eigenvalue weighted by Gasteiger charge is 2.18. The summed E-state index contributed by atoms with van der Waals surface area (Å²) in [5.74, 6) is -0.570. The zero-order chi connectivity index (χ0) is 13.8. The Morgan fingerprint density at radius 2 is 2.11 bits per heavy atom. The molecule has 0 saturated carbocycles. The number of amides is 1. The van der Waals surface area contributed by atoms with Crippen molar-refractivity contribution in [3.63, 3.8) is 0 Å². The van der Waals surface area contributed by atoms with E-state index in [4.69, 9.17) is 0 Å². The summed E-state index contributed by atoms with van der Waals surface area (Å²) < 4.78 is 13.3. The highest BCUT2D eigenvalue weighted by Crippen LogP contribution is 2.20. The Morgan fingerprint density at radius 3 is 2.67 bits per heavy atom. The molecular weight excluding hydrogens is 297 g/mol. The molecule has 0 bridgehead atoms. The average molecular weight is 316 g/mol. The van der Waals surface area contributed by atoms with Gasteiger partial charge >= 0.3 is 0 Å². The largest absolute Gasteiger partial charge is 0.352 e. The summed E-state index contributed by atoms with van der Waals surface area (Å²) in [6, 6.07) is 4.54. The van der Waals surface area contributed by atoms with Crippen LogP contribution in [0.1, 0.15) is 36.2 Å². The number of carbonyl (C=O) groups is 1. The molecule has 1 aromatic rings. The van der Waals surface area contributed by atoms with Gasteiger partial charge in [0.2, 0.25) is 0 Å². The van der Waals surface area contributed by atoms with E-state index < -0.39 is 0 Å². The number of alkyl halides is 1. The lowest BCUT2D eigenvalue weighted by Crippen LogP contribution is -2.34. The van der Waals surface area contributed by atoms with E-state index in [1.807, 2.05) is 0 Å². The van der Waals surface area contributed by atoms with Crippen molar-refractivity contribution in [2.24, 2.45) is 5.41 Å². The number of carbonyl (C=O) groups excluding carboxylic acids is 1. The molecule has 0 aromatic heterocycles. The minimum atomic E-state index is -0.345. The standard InChI is InChI=1S/C14H19BrFNO/c1-10-4-5-11(8-12(10)16)13(18)17-9-14(2,3)6-7-15/h4-5,8H,6-7,9H2,1-3H3,(H,17,18). The SMILES string of the molecule is Cc1ccc(C(=O)NCC(C)(C)CCBr)cc1F. The molecule has 4 heteroatoms. The average Bonchev–Trinajstić information content (AvgIpc) is 2.30. The van der Waals surface area contributed by atoms with Gasteiger partial charge in [0, 0.05) is 17.4 Å². The number of rotatable bonds is 5. The maximum absolute atomic E-state index is 13.3. The molecule has 0 fully saturated rings. The molecule has 0 saturated heterocycles. The monoisotopic (exact) mass is 315 g/mol. The van der Waals surface area contributed by atoms with Gasteiger partial charge in [0.05, 0.1) is 0 Å². The Labute approximate surface area is 116 Å². The van der Waals surface area contributed by atoms with Crippen molar-refractivity contribution in [2.45, 2.75) is 27.2 Å². The van der Waals surface area contributed by atoms with Crippen molar-refractivity contribution in [2.75, 3.05) is 11.9 Å². The van der Waals surface area contributed by atoms with Crippen LogP contribution in [0.25, 0.3) is 0 Å². The summed E-state index contributed by atoms with van der Waals surface area (Å²) in [6.07, 6.45) is 0.968. The molecule has 100 valence electrons. The lowest BCUT2D eigenvalue weighted by atomic mass is 9.90. The molecule has 0 unspecified atom stereocenters. The van der Waals surface area contributed by atoms with Crippen LogP contribution in [0.4, 0.5) is 4.39 Å². The quantitative estimate of drug-likeness (QED) is 0.825. The molecular formula is C14H19BrFNO. The van der Waals surface area contributed by atoms with Gasteiger partial charge in [-0.1, -0.05) is 35.8 Å². The van der Waals surface area contributed by atoms with Crippen molar-refractivity contribution in [1.82, 2.24) is 5.32 Å². The molecule has 1 aromatic carbocycles. The first-order valence-corrected chi connectivity index (χ1v) is 7.08. The van der Waals surface area contributed by atoms with E-state index in [2.05, 4.69) is 35.1 Å². The molecule has 1 amide bonds. The highest BCUT2D eigenvalue weighted by molar-refractivity contribution is 9.09. The summed E-state index contributed by atoms with van der Waals surface area (Å²) in [5, 5.41) is 3.74. The van der Waals surface area contributed by atoms with E-state index >= 15 is 0 Å². The zero-order valence-electron chi connectivity index (χ0n) is 11.0. The Hall–Kier alpha value is -0.900. The fourth-order valence-corrected chi connectivity index (χ4v) is 2.57. The second-order valence-corrected chi connectivity index (χ2v) is 6.04. The molecule has 0 heterocycles. The molecule has 0 aliphatic heterocycles. The van der Waals surface area contributed by atoms with Gasteiger partial charge in [0.1, 0.15) is 5.82 Å². The first-order chi connectivity index (χ1) is 8.35. The lowest BCUT2D eigenvalue weighted by molar-refractivity contribution is 0.0935. The van der Waals surface area contributed by atoms with Gasteiger partial charge in [-0.3, -0.25) is 4.79 Å². The van der Waals surface area contributed by atoms with Crippen molar-refractivity contribution in [1.29, 1.82) is 0 Å². The molecule has 0 spiro atoms. The summed E-state index contributed by atoms with van der Waals surface area (Å²) in [7, 11) is 0. The third kappa shape index (κ3) is 4.41. The zero-order valence-corrected chi connectivity index (χ0v) is 12.6. The second kappa shape index (κ2) is 6.32. The van der Waals surface area contributed by atoms with Crippen molar-refractivity contribution in [3.05, 3.63) is 35.1 Å². The number of hydrogen-bond acceptors (Lipinski definition) is 1.